The Balaban J connectivity index is 2.09. The third kappa shape index (κ3) is 5.70. The van der Waals surface area contributed by atoms with Gasteiger partial charge in [0.05, 0.1) is 11.1 Å². The van der Waals surface area contributed by atoms with Gasteiger partial charge in [-0.15, -0.1) is 0 Å². The number of rotatable bonds is 4. The third-order valence-corrected chi connectivity index (χ3v) is 3.21. The molecule has 0 saturated carbocycles. The number of nitrogens with zero attached hydrogens (tertiary/aromatic N) is 1. The van der Waals surface area contributed by atoms with Crippen molar-refractivity contribution in [1.82, 2.24) is 10.3 Å². The maximum atomic E-state index is 12.4. The standard InChI is InChI=1S/C19H22N4O3/c1-12(24)21-15-5-7-16(8-6-15)22-17(25)13-9-14(11-20-10-13)18(26)23-19(2,3)4/h5-11H,1-4H3,(H,21,24)(H,22,25)(H,23,26). The highest BCUT2D eigenvalue weighted by atomic mass is 16.2. The Labute approximate surface area is 152 Å². The van der Waals surface area contributed by atoms with Crippen LogP contribution >= 0.6 is 0 Å². The van der Waals surface area contributed by atoms with E-state index in [1.54, 1.807) is 24.3 Å². The van der Waals surface area contributed by atoms with Crippen molar-refractivity contribution in [2.45, 2.75) is 33.2 Å². The van der Waals surface area contributed by atoms with Crippen molar-refractivity contribution >= 4 is 29.1 Å². The van der Waals surface area contributed by atoms with Crippen molar-refractivity contribution in [1.29, 1.82) is 0 Å². The van der Waals surface area contributed by atoms with E-state index in [1.807, 2.05) is 20.8 Å². The number of aromatic nitrogens is 1. The van der Waals surface area contributed by atoms with Gasteiger partial charge in [-0.25, -0.2) is 0 Å². The zero-order chi connectivity index (χ0) is 19.3. The maximum Gasteiger partial charge on any atom is 0.257 e. The summed E-state index contributed by atoms with van der Waals surface area (Å²) in [6.07, 6.45) is 2.81. The van der Waals surface area contributed by atoms with E-state index >= 15 is 0 Å². The number of amides is 3. The molecule has 1 heterocycles. The second-order valence-corrected chi connectivity index (χ2v) is 6.88. The lowest BCUT2D eigenvalue weighted by Crippen LogP contribution is -2.40. The highest BCUT2D eigenvalue weighted by Crippen LogP contribution is 2.15. The molecule has 3 N–H and O–H groups in total. The zero-order valence-electron chi connectivity index (χ0n) is 15.2. The molecule has 3 amide bonds. The van der Waals surface area contributed by atoms with Crippen molar-refractivity contribution < 1.29 is 14.4 Å². The zero-order valence-corrected chi connectivity index (χ0v) is 15.2. The summed E-state index contributed by atoms with van der Waals surface area (Å²) in [5.74, 6) is -0.840. The van der Waals surface area contributed by atoms with E-state index in [4.69, 9.17) is 0 Å². The SMILES string of the molecule is CC(=O)Nc1ccc(NC(=O)c2cncc(C(=O)NC(C)(C)C)c2)cc1. The second-order valence-electron chi connectivity index (χ2n) is 6.88. The topological polar surface area (TPSA) is 100 Å². The fourth-order valence-corrected chi connectivity index (χ4v) is 2.14. The molecule has 1 aromatic carbocycles. The second kappa shape index (κ2) is 7.77. The molecule has 0 atom stereocenters. The van der Waals surface area contributed by atoms with Gasteiger partial charge in [0.15, 0.2) is 0 Å². The summed E-state index contributed by atoms with van der Waals surface area (Å²) < 4.78 is 0. The van der Waals surface area contributed by atoms with Gasteiger partial charge in [-0.2, -0.15) is 0 Å². The van der Waals surface area contributed by atoms with Gasteiger partial charge in [-0.05, 0) is 51.1 Å². The molecule has 0 spiro atoms. The molecule has 0 radical (unpaired) electrons. The average Bonchev–Trinajstić information content (AvgIpc) is 2.55. The van der Waals surface area contributed by atoms with E-state index in [0.29, 0.717) is 16.9 Å². The van der Waals surface area contributed by atoms with Crippen molar-refractivity contribution in [2.24, 2.45) is 0 Å². The molecular formula is C19H22N4O3. The molecule has 0 saturated heterocycles. The van der Waals surface area contributed by atoms with E-state index in [-0.39, 0.29) is 28.8 Å². The molecule has 0 unspecified atom stereocenters. The highest BCUT2D eigenvalue weighted by molar-refractivity contribution is 6.06. The van der Waals surface area contributed by atoms with Gasteiger partial charge in [-0.1, -0.05) is 0 Å². The van der Waals surface area contributed by atoms with Crippen molar-refractivity contribution in [2.75, 3.05) is 10.6 Å². The lowest BCUT2D eigenvalue weighted by atomic mass is 10.1. The lowest BCUT2D eigenvalue weighted by Gasteiger charge is -2.20. The molecule has 0 bridgehead atoms. The van der Waals surface area contributed by atoms with Gasteiger partial charge in [-0.3, -0.25) is 19.4 Å². The summed E-state index contributed by atoms with van der Waals surface area (Å²) in [5.41, 5.74) is 1.41. The summed E-state index contributed by atoms with van der Waals surface area (Å²) in [5, 5.41) is 8.21. The van der Waals surface area contributed by atoms with Gasteiger partial charge in [0.2, 0.25) is 5.91 Å². The minimum atomic E-state index is -0.384. The van der Waals surface area contributed by atoms with Crippen LogP contribution in [0.25, 0.3) is 0 Å². The van der Waals surface area contributed by atoms with Crippen LogP contribution in [0.1, 0.15) is 48.4 Å². The first-order valence-electron chi connectivity index (χ1n) is 8.10. The normalized spacial score (nSPS) is 10.8. The largest absolute Gasteiger partial charge is 0.347 e. The summed E-state index contributed by atoms with van der Waals surface area (Å²) in [6.45, 7) is 7.05. The molecule has 7 heteroatoms. The minimum absolute atomic E-state index is 0.168. The van der Waals surface area contributed by atoms with Crippen LogP contribution in [0.5, 0.6) is 0 Å². The summed E-state index contributed by atoms with van der Waals surface area (Å²) in [6, 6.07) is 8.21. The van der Waals surface area contributed by atoms with E-state index in [1.165, 1.54) is 25.4 Å². The van der Waals surface area contributed by atoms with Crippen LogP contribution in [0, 0.1) is 0 Å². The molecule has 0 aliphatic carbocycles. The molecule has 26 heavy (non-hydrogen) atoms. The molecule has 1 aromatic heterocycles. The highest BCUT2D eigenvalue weighted by Gasteiger charge is 2.17. The van der Waals surface area contributed by atoms with Crippen molar-refractivity contribution in [3.63, 3.8) is 0 Å². The Morgan fingerprint density at radius 2 is 1.35 bits per heavy atom. The van der Waals surface area contributed by atoms with Crippen LogP contribution in [0.15, 0.2) is 42.7 Å². The minimum Gasteiger partial charge on any atom is -0.347 e. The van der Waals surface area contributed by atoms with Crippen molar-refractivity contribution in [3.05, 3.63) is 53.9 Å². The smallest absolute Gasteiger partial charge is 0.257 e. The number of anilines is 2. The summed E-state index contributed by atoms with van der Waals surface area (Å²) in [4.78, 5) is 39.6. The molecule has 0 fully saturated rings. The Kier molecular flexibility index (Phi) is 5.71. The Morgan fingerprint density at radius 3 is 1.85 bits per heavy atom. The van der Waals surface area contributed by atoms with Crippen LogP contribution < -0.4 is 16.0 Å². The van der Waals surface area contributed by atoms with Gasteiger partial charge < -0.3 is 16.0 Å². The van der Waals surface area contributed by atoms with E-state index < -0.39 is 0 Å². The third-order valence-electron chi connectivity index (χ3n) is 3.21. The van der Waals surface area contributed by atoms with Gasteiger partial charge in [0.1, 0.15) is 0 Å². The summed E-state index contributed by atoms with van der Waals surface area (Å²) in [7, 11) is 0. The van der Waals surface area contributed by atoms with Crippen LogP contribution in [-0.2, 0) is 4.79 Å². The fraction of sp³-hybridized carbons (Fsp3) is 0.263. The number of carbonyl (C=O) groups is 3. The first kappa shape index (κ1) is 19.1. The fourth-order valence-electron chi connectivity index (χ4n) is 2.14. The van der Waals surface area contributed by atoms with Crippen LogP contribution in [0.2, 0.25) is 0 Å². The predicted octanol–water partition coefficient (Wildman–Crippen LogP) is 2.82. The van der Waals surface area contributed by atoms with Gasteiger partial charge in [0.25, 0.3) is 11.8 Å². The number of pyridine rings is 1. The number of hydrogen-bond donors (Lipinski definition) is 3. The molecule has 0 aliphatic heterocycles. The molecule has 0 aliphatic rings. The average molecular weight is 354 g/mol. The predicted molar refractivity (Wildman–Crippen MR) is 100 cm³/mol. The van der Waals surface area contributed by atoms with Gasteiger partial charge in [0, 0.05) is 36.2 Å². The number of nitrogens with one attached hydrogen (secondary N) is 3. The Morgan fingerprint density at radius 1 is 0.846 bits per heavy atom. The molecule has 2 aromatic rings. The van der Waals surface area contributed by atoms with E-state index in [2.05, 4.69) is 20.9 Å². The lowest BCUT2D eigenvalue weighted by molar-refractivity contribution is -0.114. The Bertz CT molecular complexity index is 823. The quantitative estimate of drug-likeness (QED) is 0.786. The molecule has 2 rings (SSSR count). The monoisotopic (exact) mass is 354 g/mol. The molecule has 136 valence electrons. The van der Waals surface area contributed by atoms with E-state index in [9.17, 15) is 14.4 Å². The van der Waals surface area contributed by atoms with Gasteiger partial charge >= 0.3 is 0 Å². The summed E-state index contributed by atoms with van der Waals surface area (Å²) >= 11 is 0. The van der Waals surface area contributed by atoms with Crippen LogP contribution in [0.3, 0.4) is 0 Å². The first-order valence-corrected chi connectivity index (χ1v) is 8.10. The Hall–Kier alpha value is -3.22. The number of benzene rings is 1. The van der Waals surface area contributed by atoms with Crippen LogP contribution in [-0.4, -0.2) is 28.2 Å². The maximum absolute atomic E-state index is 12.4. The van der Waals surface area contributed by atoms with E-state index in [0.717, 1.165) is 0 Å². The molecular weight excluding hydrogens is 332 g/mol. The van der Waals surface area contributed by atoms with Crippen LogP contribution in [0.4, 0.5) is 11.4 Å². The number of carbonyl (C=O) groups excluding carboxylic acids is 3. The first-order chi connectivity index (χ1) is 12.1. The molecule has 7 nitrogen and oxygen atoms in total. The van der Waals surface area contributed by atoms with Crippen molar-refractivity contribution in [3.8, 4) is 0 Å². The number of hydrogen-bond acceptors (Lipinski definition) is 4.